The van der Waals surface area contributed by atoms with Gasteiger partial charge in [0.1, 0.15) is 12.4 Å². The number of ether oxygens (including phenoxy) is 1. The van der Waals surface area contributed by atoms with Crippen molar-refractivity contribution in [2.24, 2.45) is 0 Å². The van der Waals surface area contributed by atoms with Gasteiger partial charge in [-0.05, 0) is 17.7 Å². The molecule has 0 aliphatic carbocycles. The molecule has 0 saturated heterocycles. The van der Waals surface area contributed by atoms with Crippen molar-refractivity contribution in [3.8, 4) is 5.75 Å². The molecule has 5 nitrogen and oxygen atoms in total. The minimum Gasteiger partial charge on any atom is -0.491 e. The lowest BCUT2D eigenvalue weighted by molar-refractivity contribution is 0.328. The van der Waals surface area contributed by atoms with E-state index < -0.39 is 0 Å². The second kappa shape index (κ2) is 10.0. The number of anilines is 1. The monoisotopic (exact) mass is 340 g/mol. The Bertz CT molecular complexity index is 592. The van der Waals surface area contributed by atoms with Gasteiger partial charge in [0, 0.05) is 57.1 Å². The van der Waals surface area contributed by atoms with Gasteiger partial charge in [-0.2, -0.15) is 0 Å². The lowest BCUT2D eigenvalue weighted by Crippen LogP contribution is -2.32. The maximum Gasteiger partial charge on any atom is 0.123 e. The quantitative estimate of drug-likeness (QED) is 0.591. The molecule has 2 aromatic rings. The molecule has 4 N–H and O–H groups in total. The van der Waals surface area contributed by atoms with Gasteiger partial charge in [-0.25, -0.2) is 0 Å². The summed E-state index contributed by atoms with van der Waals surface area (Å²) >= 11 is 0. The van der Waals surface area contributed by atoms with Crippen molar-refractivity contribution in [1.29, 1.82) is 0 Å². The molecule has 0 saturated carbocycles. The summed E-state index contributed by atoms with van der Waals surface area (Å²) in [7, 11) is 0. The Labute approximate surface area is 150 Å². The molecule has 0 spiro atoms. The number of para-hydroxylation sites is 2. The molecule has 134 valence electrons. The van der Waals surface area contributed by atoms with Crippen molar-refractivity contribution in [2.75, 3.05) is 44.6 Å². The fourth-order valence-electron chi connectivity index (χ4n) is 2.91. The van der Waals surface area contributed by atoms with Gasteiger partial charge in [0.25, 0.3) is 0 Å². The maximum absolute atomic E-state index is 5.99. The summed E-state index contributed by atoms with van der Waals surface area (Å²) in [4.78, 5) is 0. The van der Waals surface area contributed by atoms with E-state index >= 15 is 0 Å². The summed E-state index contributed by atoms with van der Waals surface area (Å²) in [6.07, 6.45) is 0. The van der Waals surface area contributed by atoms with Gasteiger partial charge < -0.3 is 26.0 Å². The summed E-state index contributed by atoms with van der Waals surface area (Å²) in [5.74, 6) is 0.962. The summed E-state index contributed by atoms with van der Waals surface area (Å²) in [5.41, 5.74) is 3.66. The van der Waals surface area contributed by atoms with Gasteiger partial charge in [-0.3, -0.25) is 0 Å². The van der Waals surface area contributed by atoms with Crippen LogP contribution in [0.5, 0.6) is 5.75 Å². The molecule has 5 heteroatoms. The van der Waals surface area contributed by atoms with E-state index in [4.69, 9.17) is 4.74 Å². The van der Waals surface area contributed by atoms with Crippen LogP contribution in [0.25, 0.3) is 0 Å². The Morgan fingerprint density at radius 3 is 2.12 bits per heavy atom. The molecule has 3 rings (SSSR count). The van der Waals surface area contributed by atoms with Gasteiger partial charge >= 0.3 is 0 Å². The van der Waals surface area contributed by atoms with Crippen molar-refractivity contribution >= 4 is 5.69 Å². The van der Waals surface area contributed by atoms with Crippen LogP contribution < -0.4 is 26.0 Å². The van der Waals surface area contributed by atoms with Crippen LogP contribution in [-0.4, -0.2) is 39.3 Å². The summed E-state index contributed by atoms with van der Waals surface area (Å²) in [5, 5.41) is 13.9. The normalized spacial score (nSPS) is 17.3. The molecule has 0 radical (unpaired) electrons. The van der Waals surface area contributed by atoms with Gasteiger partial charge in [0.15, 0.2) is 0 Å². The van der Waals surface area contributed by atoms with E-state index in [0.29, 0.717) is 6.61 Å². The topological polar surface area (TPSA) is 57.3 Å². The van der Waals surface area contributed by atoms with Crippen LogP contribution in [0, 0.1) is 0 Å². The molecule has 1 heterocycles. The van der Waals surface area contributed by atoms with E-state index in [1.807, 2.05) is 12.1 Å². The van der Waals surface area contributed by atoms with Crippen LogP contribution in [0.15, 0.2) is 48.5 Å². The second-order valence-electron chi connectivity index (χ2n) is 6.14. The fraction of sp³-hybridized carbons (Fsp3) is 0.400. The first-order chi connectivity index (χ1) is 12.4. The number of hydrogen-bond acceptors (Lipinski definition) is 5. The second-order valence-corrected chi connectivity index (χ2v) is 6.14. The molecule has 1 aliphatic rings. The molecular weight excluding hydrogens is 312 g/mol. The van der Waals surface area contributed by atoms with Crippen LogP contribution in [0.3, 0.4) is 0 Å². The standard InChI is InChI=1S/C20H28N4O/c1-3-7-19-17(5-1)15-22-11-9-21-10-12-23-16-18-6-2-4-8-20(18)25-14-13-24-19/h1-8,21-24H,9-16H2. The molecule has 0 aromatic heterocycles. The van der Waals surface area contributed by atoms with E-state index in [0.717, 1.165) is 51.6 Å². The lowest BCUT2D eigenvalue weighted by atomic mass is 10.1. The third kappa shape index (κ3) is 5.74. The highest BCUT2D eigenvalue weighted by molar-refractivity contribution is 5.51. The van der Waals surface area contributed by atoms with E-state index in [2.05, 4.69) is 57.7 Å². The predicted molar refractivity (Wildman–Crippen MR) is 103 cm³/mol. The zero-order chi connectivity index (χ0) is 17.2. The molecule has 0 amide bonds. The molecule has 0 unspecified atom stereocenters. The SMILES string of the molecule is c1ccc2c(c1)CNCCNCCNCc1ccccc1OCCN2. The van der Waals surface area contributed by atoms with Crippen molar-refractivity contribution in [3.63, 3.8) is 0 Å². The van der Waals surface area contributed by atoms with Crippen molar-refractivity contribution < 1.29 is 4.74 Å². The Balaban J connectivity index is 1.64. The zero-order valence-electron chi connectivity index (χ0n) is 14.7. The van der Waals surface area contributed by atoms with Crippen LogP contribution in [0.4, 0.5) is 5.69 Å². The van der Waals surface area contributed by atoms with Crippen LogP contribution in [-0.2, 0) is 13.1 Å². The minimum absolute atomic E-state index is 0.639. The van der Waals surface area contributed by atoms with Crippen LogP contribution in [0.2, 0.25) is 0 Å². The molecule has 1 aliphatic heterocycles. The van der Waals surface area contributed by atoms with E-state index in [1.54, 1.807) is 0 Å². The largest absolute Gasteiger partial charge is 0.491 e. The third-order valence-electron chi connectivity index (χ3n) is 4.25. The van der Waals surface area contributed by atoms with Crippen molar-refractivity contribution in [1.82, 2.24) is 16.0 Å². The number of hydrogen-bond donors (Lipinski definition) is 4. The molecule has 0 bridgehead atoms. The highest BCUT2D eigenvalue weighted by Gasteiger charge is 2.04. The number of rotatable bonds is 0. The first kappa shape index (κ1) is 17.7. The first-order valence-electron chi connectivity index (χ1n) is 9.08. The molecular formula is C20H28N4O. The Kier molecular flexibility index (Phi) is 7.12. The molecule has 0 fully saturated rings. The molecule has 0 atom stereocenters. The van der Waals surface area contributed by atoms with E-state index in [9.17, 15) is 0 Å². The van der Waals surface area contributed by atoms with Gasteiger partial charge in [0.05, 0.1) is 0 Å². The lowest BCUT2D eigenvalue weighted by Gasteiger charge is -2.14. The highest BCUT2D eigenvalue weighted by atomic mass is 16.5. The number of benzene rings is 2. The number of fused-ring (bicyclic) bond motifs is 2. The Hall–Kier alpha value is -2.08. The average Bonchev–Trinajstić information content (AvgIpc) is 2.65. The third-order valence-corrected chi connectivity index (χ3v) is 4.25. The van der Waals surface area contributed by atoms with Crippen molar-refractivity contribution in [3.05, 3.63) is 59.7 Å². The zero-order valence-corrected chi connectivity index (χ0v) is 14.7. The fourth-order valence-corrected chi connectivity index (χ4v) is 2.91. The maximum atomic E-state index is 5.99. The average molecular weight is 340 g/mol. The van der Waals surface area contributed by atoms with E-state index in [1.165, 1.54) is 16.8 Å². The van der Waals surface area contributed by atoms with Gasteiger partial charge in [-0.1, -0.05) is 36.4 Å². The van der Waals surface area contributed by atoms with E-state index in [-0.39, 0.29) is 0 Å². The summed E-state index contributed by atoms with van der Waals surface area (Å²) in [6.45, 7) is 6.94. The van der Waals surface area contributed by atoms with Crippen LogP contribution in [0.1, 0.15) is 11.1 Å². The smallest absolute Gasteiger partial charge is 0.123 e. The Morgan fingerprint density at radius 2 is 1.28 bits per heavy atom. The Morgan fingerprint density at radius 1 is 0.640 bits per heavy atom. The van der Waals surface area contributed by atoms with Gasteiger partial charge in [0.2, 0.25) is 0 Å². The summed E-state index contributed by atoms with van der Waals surface area (Å²) in [6, 6.07) is 16.7. The van der Waals surface area contributed by atoms with Crippen molar-refractivity contribution in [2.45, 2.75) is 13.1 Å². The molecule has 25 heavy (non-hydrogen) atoms. The minimum atomic E-state index is 0.639. The number of nitrogens with one attached hydrogen (secondary N) is 4. The first-order valence-corrected chi connectivity index (χ1v) is 9.08. The summed E-state index contributed by atoms with van der Waals surface area (Å²) < 4.78 is 5.99. The highest BCUT2D eigenvalue weighted by Crippen LogP contribution is 2.18. The van der Waals surface area contributed by atoms with Gasteiger partial charge in [-0.15, -0.1) is 0 Å². The molecule has 2 aromatic carbocycles. The van der Waals surface area contributed by atoms with Crippen LogP contribution >= 0.6 is 0 Å². The predicted octanol–water partition coefficient (Wildman–Crippen LogP) is 1.96.